The molecule has 21 heavy (non-hydrogen) atoms. The molecule has 1 aromatic heterocycles. The van der Waals surface area contributed by atoms with Crippen molar-refractivity contribution < 1.29 is 18.9 Å². The first-order valence-corrected chi connectivity index (χ1v) is 6.33. The molecule has 0 spiro atoms. The van der Waals surface area contributed by atoms with Gasteiger partial charge in [0.1, 0.15) is 17.1 Å². The van der Waals surface area contributed by atoms with Gasteiger partial charge in [-0.15, -0.1) is 0 Å². The van der Waals surface area contributed by atoms with E-state index in [4.69, 9.17) is 18.9 Å². The van der Waals surface area contributed by atoms with Crippen LogP contribution in [0.3, 0.4) is 0 Å². The fourth-order valence-electron chi connectivity index (χ4n) is 1.99. The Bertz CT molecular complexity index is 596. The number of nitrogens with zero attached hydrogens (tertiary/aromatic N) is 2. The largest absolute Gasteiger partial charge is 0.496 e. The van der Waals surface area contributed by atoms with Crippen LogP contribution in [0, 0.1) is 6.92 Å². The van der Waals surface area contributed by atoms with E-state index in [2.05, 4.69) is 9.97 Å². The Labute approximate surface area is 123 Å². The third-order valence-electron chi connectivity index (χ3n) is 2.97. The van der Waals surface area contributed by atoms with Crippen molar-refractivity contribution in [3.8, 4) is 34.6 Å². The van der Waals surface area contributed by atoms with Crippen LogP contribution in [0.25, 0.3) is 11.4 Å². The number of rotatable bonds is 5. The van der Waals surface area contributed by atoms with Crippen molar-refractivity contribution >= 4 is 0 Å². The van der Waals surface area contributed by atoms with Crippen LogP contribution in [-0.4, -0.2) is 38.4 Å². The average Bonchev–Trinajstić information content (AvgIpc) is 2.52. The zero-order chi connectivity index (χ0) is 15.4. The van der Waals surface area contributed by atoms with Crippen molar-refractivity contribution in [3.63, 3.8) is 0 Å². The molecule has 6 nitrogen and oxygen atoms in total. The van der Waals surface area contributed by atoms with Gasteiger partial charge in [-0.25, -0.2) is 0 Å². The summed E-state index contributed by atoms with van der Waals surface area (Å²) in [5.74, 6) is 2.48. The third-order valence-corrected chi connectivity index (χ3v) is 2.97. The molecule has 1 heterocycles. The minimum Gasteiger partial charge on any atom is -0.496 e. The lowest BCUT2D eigenvalue weighted by molar-refractivity contribution is 0.371. The Morgan fingerprint density at radius 3 is 1.57 bits per heavy atom. The summed E-state index contributed by atoms with van der Waals surface area (Å²) in [6, 6.07) is 5.40. The highest BCUT2D eigenvalue weighted by molar-refractivity contribution is 5.73. The van der Waals surface area contributed by atoms with Gasteiger partial charge in [0.25, 0.3) is 0 Å². The van der Waals surface area contributed by atoms with E-state index in [0.29, 0.717) is 34.6 Å². The maximum atomic E-state index is 5.43. The molecule has 112 valence electrons. The normalized spacial score (nSPS) is 10.1. The lowest BCUT2D eigenvalue weighted by atomic mass is 10.1. The van der Waals surface area contributed by atoms with Crippen LogP contribution in [0.15, 0.2) is 18.2 Å². The van der Waals surface area contributed by atoms with Crippen molar-refractivity contribution in [3.05, 3.63) is 23.8 Å². The van der Waals surface area contributed by atoms with Crippen LogP contribution in [0.2, 0.25) is 0 Å². The molecular formula is C15H18N2O4. The minimum absolute atomic E-state index is 0.404. The van der Waals surface area contributed by atoms with Gasteiger partial charge < -0.3 is 18.9 Å². The van der Waals surface area contributed by atoms with Gasteiger partial charge in [-0.2, -0.15) is 9.97 Å². The predicted octanol–water partition coefficient (Wildman–Crippen LogP) is 2.49. The maximum Gasteiger partial charge on any atom is 0.220 e. The quantitative estimate of drug-likeness (QED) is 0.843. The molecule has 1 aromatic carbocycles. The number of hydrogen-bond donors (Lipinski definition) is 0. The number of aromatic nitrogens is 2. The summed E-state index contributed by atoms with van der Waals surface area (Å²) >= 11 is 0. The van der Waals surface area contributed by atoms with Gasteiger partial charge in [-0.05, 0) is 24.6 Å². The Morgan fingerprint density at radius 2 is 1.19 bits per heavy atom. The van der Waals surface area contributed by atoms with Gasteiger partial charge in [0.15, 0.2) is 5.82 Å². The zero-order valence-electron chi connectivity index (χ0n) is 12.8. The molecule has 0 aliphatic rings. The Balaban J connectivity index is 2.70. The van der Waals surface area contributed by atoms with Crippen LogP contribution in [0.5, 0.6) is 23.3 Å². The summed E-state index contributed by atoms with van der Waals surface area (Å²) in [7, 11) is 6.26. The Kier molecular flexibility index (Phi) is 4.47. The van der Waals surface area contributed by atoms with Gasteiger partial charge >= 0.3 is 0 Å². The highest BCUT2D eigenvalue weighted by Gasteiger charge is 2.18. The van der Waals surface area contributed by atoms with E-state index in [1.807, 2.05) is 19.1 Å². The number of aryl methyl sites for hydroxylation is 1. The van der Waals surface area contributed by atoms with Crippen molar-refractivity contribution in [2.75, 3.05) is 28.4 Å². The van der Waals surface area contributed by atoms with Crippen LogP contribution in [0.1, 0.15) is 5.56 Å². The Morgan fingerprint density at radius 1 is 0.714 bits per heavy atom. The highest BCUT2D eigenvalue weighted by Crippen LogP contribution is 2.38. The van der Waals surface area contributed by atoms with Gasteiger partial charge in [-0.3, -0.25) is 0 Å². The molecule has 0 amide bonds. The molecular weight excluding hydrogens is 272 g/mol. The summed E-state index contributed by atoms with van der Waals surface area (Å²) in [4.78, 5) is 8.69. The molecule has 0 fully saturated rings. The van der Waals surface area contributed by atoms with E-state index in [0.717, 1.165) is 5.56 Å². The van der Waals surface area contributed by atoms with E-state index >= 15 is 0 Å². The van der Waals surface area contributed by atoms with E-state index in [1.165, 1.54) is 14.2 Å². The predicted molar refractivity (Wildman–Crippen MR) is 78.4 cm³/mol. The first-order chi connectivity index (χ1) is 10.1. The summed E-state index contributed by atoms with van der Waals surface area (Å²) in [6.07, 6.45) is 0. The summed E-state index contributed by atoms with van der Waals surface area (Å²) in [6.45, 7) is 1.96. The van der Waals surface area contributed by atoms with Crippen LogP contribution >= 0.6 is 0 Å². The third kappa shape index (κ3) is 2.99. The molecule has 0 bridgehead atoms. The lowest BCUT2D eigenvalue weighted by Crippen LogP contribution is -2.01. The first kappa shape index (κ1) is 14.9. The highest BCUT2D eigenvalue weighted by atomic mass is 16.5. The fraction of sp³-hybridized carbons (Fsp3) is 0.333. The lowest BCUT2D eigenvalue weighted by Gasteiger charge is -2.14. The molecule has 0 unspecified atom stereocenters. The standard InChI is InChI=1S/C15H18N2O4/c1-9-6-10(18-2)14(11(7-9)19-3)15-16-12(20-4)8-13(17-15)21-5/h6-8H,1-5H3. The van der Waals surface area contributed by atoms with Crippen molar-refractivity contribution in [1.82, 2.24) is 9.97 Å². The molecule has 0 aliphatic heterocycles. The van der Waals surface area contributed by atoms with Crippen molar-refractivity contribution in [2.24, 2.45) is 0 Å². The second-order valence-corrected chi connectivity index (χ2v) is 4.32. The maximum absolute atomic E-state index is 5.43. The SMILES string of the molecule is COc1cc(OC)nc(-c2c(OC)cc(C)cc2OC)n1. The smallest absolute Gasteiger partial charge is 0.220 e. The summed E-state index contributed by atoms with van der Waals surface area (Å²) < 4.78 is 21.2. The number of hydrogen-bond acceptors (Lipinski definition) is 6. The molecule has 0 atom stereocenters. The Hall–Kier alpha value is -2.50. The van der Waals surface area contributed by atoms with Crippen LogP contribution < -0.4 is 18.9 Å². The molecule has 6 heteroatoms. The average molecular weight is 290 g/mol. The summed E-state index contributed by atoms with van der Waals surface area (Å²) in [5, 5.41) is 0. The molecule has 0 saturated heterocycles. The topological polar surface area (TPSA) is 62.7 Å². The number of ether oxygens (including phenoxy) is 4. The molecule has 0 N–H and O–H groups in total. The van der Waals surface area contributed by atoms with E-state index < -0.39 is 0 Å². The number of benzene rings is 1. The first-order valence-electron chi connectivity index (χ1n) is 6.33. The van der Waals surface area contributed by atoms with E-state index in [-0.39, 0.29) is 0 Å². The van der Waals surface area contributed by atoms with Crippen LogP contribution in [-0.2, 0) is 0 Å². The molecule has 0 radical (unpaired) electrons. The van der Waals surface area contributed by atoms with Gasteiger partial charge in [0.2, 0.25) is 11.8 Å². The second kappa shape index (κ2) is 6.30. The van der Waals surface area contributed by atoms with Crippen molar-refractivity contribution in [1.29, 1.82) is 0 Å². The zero-order valence-corrected chi connectivity index (χ0v) is 12.8. The van der Waals surface area contributed by atoms with Gasteiger partial charge in [-0.1, -0.05) is 0 Å². The molecule has 2 aromatic rings. The van der Waals surface area contributed by atoms with Gasteiger partial charge in [0, 0.05) is 0 Å². The monoisotopic (exact) mass is 290 g/mol. The van der Waals surface area contributed by atoms with E-state index in [9.17, 15) is 0 Å². The number of methoxy groups -OCH3 is 4. The molecule has 0 saturated carbocycles. The fourth-order valence-corrected chi connectivity index (χ4v) is 1.99. The van der Waals surface area contributed by atoms with Gasteiger partial charge in [0.05, 0.1) is 34.5 Å². The molecule has 2 rings (SSSR count). The molecule has 0 aliphatic carbocycles. The summed E-state index contributed by atoms with van der Waals surface area (Å²) in [5.41, 5.74) is 1.67. The second-order valence-electron chi connectivity index (χ2n) is 4.32. The van der Waals surface area contributed by atoms with E-state index in [1.54, 1.807) is 20.3 Å². The minimum atomic E-state index is 0.404. The van der Waals surface area contributed by atoms with Crippen molar-refractivity contribution in [2.45, 2.75) is 6.92 Å². The van der Waals surface area contributed by atoms with Crippen LogP contribution in [0.4, 0.5) is 0 Å².